The van der Waals surface area contributed by atoms with E-state index in [0.29, 0.717) is 0 Å². The minimum atomic E-state index is 1.04. The van der Waals surface area contributed by atoms with Crippen molar-refractivity contribution < 1.29 is 0 Å². The third kappa shape index (κ3) is 1.79. The highest BCUT2D eigenvalue weighted by Gasteiger charge is 2.05. The van der Waals surface area contributed by atoms with E-state index in [1.54, 1.807) is 0 Å². The molecule has 2 rings (SSSR count). The summed E-state index contributed by atoms with van der Waals surface area (Å²) in [6, 6.07) is 9.01. The van der Waals surface area contributed by atoms with Crippen molar-refractivity contribution in [3.63, 3.8) is 0 Å². The van der Waals surface area contributed by atoms with Gasteiger partial charge in [-0.2, -0.15) is 0 Å². The highest BCUT2D eigenvalue weighted by atomic mass is 31.0. The lowest BCUT2D eigenvalue weighted by atomic mass is 9.95. The summed E-state index contributed by atoms with van der Waals surface area (Å²) in [5.74, 6) is 0. The van der Waals surface area contributed by atoms with Crippen LogP contribution < -0.4 is 0 Å². The Bertz CT molecular complexity index is 512. The van der Waals surface area contributed by atoms with Crippen molar-refractivity contribution in [1.29, 1.82) is 0 Å². The normalized spacial score (nSPS) is 10.9. The Morgan fingerprint density at radius 2 is 1.73 bits per heavy atom. The lowest BCUT2D eigenvalue weighted by Gasteiger charge is -2.11. The minimum absolute atomic E-state index is 1.04. The molecule has 0 amide bonds. The van der Waals surface area contributed by atoms with E-state index in [2.05, 4.69) is 54.3 Å². The average molecular weight is 216 g/mol. The van der Waals surface area contributed by atoms with Gasteiger partial charge >= 0.3 is 0 Å². The van der Waals surface area contributed by atoms with Gasteiger partial charge in [-0.15, -0.1) is 9.24 Å². The van der Waals surface area contributed by atoms with E-state index in [4.69, 9.17) is 0 Å². The molecule has 15 heavy (non-hydrogen) atoms. The van der Waals surface area contributed by atoms with Crippen molar-refractivity contribution in [2.24, 2.45) is 0 Å². The molecule has 1 heteroatoms. The van der Waals surface area contributed by atoms with Gasteiger partial charge in [0.05, 0.1) is 0 Å². The highest BCUT2D eigenvalue weighted by molar-refractivity contribution is 7.15. The number of aryl methyl sites for hydroxylation is 2. The van der Waals surface area contributed by atoms with Crippen LogP contribution in [0.3, 0.4) is 0 Å². The predicted octanol–water partition coefficient (Wildman–Crippen LogP) is 4.14. The smallest absolute Gasteiger partial charge is 0.0126 e. The Labute approximate surface area is 93.9 Å². The Balaban J connectivity index is 2.84. The van der Waals surface area contributed by atoms with E-state index in [9.17, 15) is 0 Å². The van der Waals surface area contributed by atoms with Gasteiger partial charge in [-0.1, -0.05) is 29.8 Å². The highest BCUT2D eigenvalue weighted by Crippen LogP contribution is 2.27. The van der Waals surface area contributed by atoms with Gasteiger partial charge in [0.15, 0.2) is 0 Å². The number of hydrogen-bond acceptors (Lipinski definition) is 0. The summed E-state index contributed by atoms with van der Waals surface area (Å²) in [5, 5.41) is 2.76. The summed E-state index contributed by atoms with van der Waals surface area (Å²) in [5.41, 5.74) is 5.63. The lowest BCUT2D eigenvalue weighted by Crippen LogP contribution is -1.91. The van der Waals surface area contributed by atoms with E-state index in [1.165, 1.54) is 33.0 Å². The molecule has 0 aliphatic heterocycles. The second-order valence-electron chi connectivity index (χ2n) is 4.21. The van der Waals surface area contributed by atoms with Crippen molar-refractivity contribution >= 4 is 20.0 Å². The van der Waals surface area contributed by atoms with Crippen molar-refractivity contribution in [2.75, 3.05) is 0 Å². The van der Waals surface area contributed by atoms with Crippen LogP contribution in [0.2, 0.25) is 0 Å². The maximum absolute atomic E-state index is 2.81. The zero-order valence-electron chi connectivity index (χ0n) is 9.59. The average Bonchev–Trinajstić information content (AvgIpc) is 2.23. The van der Waals surface area contributed by atoms with E-state index in [1.807, 2.05) is 0 Å². The molecular weight excluding hydrogens is 199 g/mol. The summed E-state index contributed by atoms with van der Waals surface area (Å²) >= 11 is 0. The van der Waals surface area contributed by atoms with E-state index in [0.717, 1.165) is 6.16 Å². The summed E-state index contributed by atoms with van der Waals surface area (Å²) in [4.78, 5) is 0. The van der Waals surface area contributed by atoms with Crippen LogP contribution in [-0.4, -0.2) is 0 Å². The monoisotopic (exact) mass is 216 g/mol. The Morgan fingerprint density at radius 3 is 2.40 bits per heavy atom. The van der Waals surface area contributed by atoms with Crippen LogP contribution in [0.25, 0.3) is 10.8 Å². The fourth-order valence-electron chi connectivity index (χ4n) is 2.09. The first-order valence-corrected chi connectivity index (χ1v) is 6.14. The summed E-state index contributed by atoms with van der Waals surface area (Å²) in [6.07, 6.45) is 1.04. The summed E-state index contributed by atoms with van der Waals surface area (Å²) in [6.45, 7) is 6.58. The van der Waals surface area contributed by atoms with E-state index < -0.39 is 0 Å². The zero-order chi connectivity index (χ0) is 11.0. The first kappa shape index (κ1) is 10.6. The van der Waals surface area contributed by atoms with Gasteiger partial charge in [-0.05, 0) is 54.4 Å². The molecule has 0 nitrogen and oxygen atoms in total. The van der Waals surface area contributed by atoms with Crippen LogP contribution >= 0.6 is 9.24 Å². The maximum Gasteiger partial charge on any atom is -0.0126 e. The molecule has 0 N–H and O–H groups in total. The molecule has 0 spiro atoms. The fraction of sp³-hybridized carbons (Fsp3) is 0.286. The van der Waals surface area contributed by atoms with Gasteiger partial charge in [0.2, 0.25) is 0 Å². The minimum Gasteiger partial charge on any atom is -0.133 e. The molecule has 0 saturated heterocycles. The predicted molar refractivity (Wildman–Crippen MR) is 71.6 cm³/mol. The van der Waals surface area contributed by atoms with Crippen molar-refractivity contribution in [3.05, 3.63) is 46.5 Å². The quantitative estimate of drug-likeness (QED) is 0.628. The first-order chi connectivity index (χ1) is 7.13. The third-order valence-corrected chi connectivity index (χ3v) is 3.64. The van der Waals surface area contributed by atoms with Crippen LogP contribution in [0.5, 0.6) is 0 Å². The van der Waals surface area contributed by atoms with Gasteiger partial charge in [-0.25, -0.2) is 0 Å². The van der Waals surface area contributed by atoms with Crippen molar-refractivity contribution in [3.8, 4) is 0 Å². The van der Waals surface area contributed by atoms with Crippen LogP contribution in [0, 0.1) is 20.8 Å². The lowest BCUT2D eigenvalue weighted by molar-refractivity contribution is 1.27. The van der Waals surface area contributed by atoms with E-state index in [-0.39, 0.29) is 0 Å². The summed E-state index contributed by atoms with van der Waals surface area (Å²) < 4.78 is 0. The van der Waals surface area contributed by atoms with Crippen LogP contribution in [0.4, 0.5) is 0 Å². The van der Waals surface area contributed by atoms with Gasteiger partial charge in [0.1, 0.15) is 0 Å². The SMILES string of the molecule is Cc1ccc2c(C)c(C)c(CP)cc2c1. The van der Waals surface area contributed by atoms with Crippen molar-refractivity contribution in [1.82, 2.24) is 0 Å². The molecule has 0 radical (unpaired) electrons. The molecular formula is C14H17P. The number of hydrogen-bond donors (Lipinski definition) is 0. The van der Waals surface area contributed by atoms with Gasteiger partial charge in [-0.3, -0.25) is 0 Å². The Hall–Kier alpha value is -0.870. The second kappa shape index (κ2) is 3.94. The number of rotatable bonds is 1. The standard InChI is InChI=1S/C14H17P/c1-9-4-5-14-11(3)10(2)13(8-15)7-12(14)6-9/h4-7H,8,15H2,1-3H3. The molecule has 0 aliphatic carbocycles. The van der Waals surface area contributed by atoms with E-state index >= 15 is 0 Å². The first-order valence-electron chi connectivity index (χ1n) is 5.33. The maximum atomic E-state index is 2.81. The molecule has 0 bridgehead atoms. The molecule has 0 heterocycles. The third-order valence-electron chi connectivity index (χ3n) is 3.20. The molecule has 0 saturated carbocycles. The molecule has 1 atom stereocenters. The Morgan fingerprint density at radius 1 is 1.00 bits per heavy atom. The molecule has 0 fully saturated rings. The molecule has 2 aromatic carbocycles. The summed E-state index contributed by atoms with van der Waals surface area (Å²) in [7, 11) is 2.81. The fourth-order valence-corrected chi connectivity index (χ4v) is 2.52. The van der Waals surface area contributed by atoms with Crippen LogP contribution in [-0.2, 0) is 6.16 Å². The number of fused-ring (bicyclic) bond motifs is 1. The van der Waals surface area contributed by atoms with Gasteiger partial charge < -0.3 is 0 Å². The molecule has 1 unspecified atom stereocenters. The zero-order valence-corrected chi connectivity index (χ0v) is 10.7. The molecule has 0 aliphatic rings. The molecule has 78 valence electrons. The second-order valence-corrected chi connectivity index (χ2v) is 4.62. The number of benzene rings is 2. The molecule has 0 aromatic heterocycles. The van der Waals surface area contributed by atoms with Gasteiger partial charge in [0, 0.05) is 0 Å². The largest absolute Gasteiger partial charge is 0.133 e. The Kier molecular flexibility index (Phi) is 2.80. The van der Waals surface area contributed by atoms with Crippen molar-refractivity contribution in [2.45, 2.75) is 26.9 Å². The van der Waals surface area contributed by atoms with Gasteiger partial charge in [0.25, 0.3) is 0 Å². The topological polar surface area (TPSA) is 0 Å². The molecule has 2 aromatic rings. The van der Waals surface area contributed by atoms with Crippen LogP contribution in [0.1, 0.15) is 22.3 Å². The van der Waals surface area contributed by atoms with Crippen LogP contribution in [0.15, 0.2) is 24.3 Å².